The number of benzene rings is 2. The molecule has 0 aromatic heterocycles. The number of hydrogen-bond acceptors (Lipinski definition) is 14. The molecule has 5 aliphatic heterocycles. The Hall–Kier alpha value is -4.83. The fourth-order valence-electron chi connectivity index (χ4n) is 7.68. The van der Waals surface area contributed by atoms with Crippen LogP contribution in [0.4, 0.5) is 21.0 Å². The van der Waals surface area contributed by atoms with Gasteiger partial charge >= 0.3 is 33.3 Å². The molecule has 0 aliphatic carbocycles. The lowest BCUT2D eigenvalue weighted by Crippen LogP contribution is -2.41. The molecule has 2 aromatic carbocycles. The van der Waals surface area contributed by atoms with Crippen LogP contribution in [0.2, 0.25) is 0 Å². The quantitative estimate of drug-likeness (QED) is 0.276. The molecule has 22 heteroatoms. The van der Waals surface area contributed by atoms with Gasteiger partial charge in [-0.2, -0.15) is 0 Å². The SMILES string of the molecule is CC1(C)OB(B2OC(C)(C)C(C)(C)O2)OC1(C)C.CN(C)C(=O)C1=Cc2ccc(B3OC(C)(C)C(C)(C)O3)cc2N=C(NC(=O)OC(C)(C)C)C1.CN(C)C(=O)C1=Cc2ccc(Br)cc2N=C(NC(=O)OC(C)(C)C)C1. The fraction of sp³-hybridized carbons (Fsp3) is 0.593. The van der Waals surface area contributed by atoms with Gasteiger partial charge in [0.1, 0.15) is 22.9 Å². The minimum Gasteiger partial charge on any atom is -0.444 e. The largest absolute Gasteiger partial charge is 0.494 e. The summed E-state index contributed by atoms with van der Waals surface area (Å²) in [6, 6.07) is 11.3. The number of carbonyl (C=O) groups excluding carboxylic acids is 4. The number of amidine groups is 2. The number of nitrogens with one attached hydrogen (secondary N) is 2. The highest BCUT2D eigenvalue weighted by molar-refractivity contribution is 9.10. The van der Waals surface area contributed by atoms with Crippen molar-refractivity contribution in [2.45, 2.75) is 182 Å². The van der Waals surface area contributed by atoms with Gasteiger partial charge in [-0.25, -0.2) is 19.6 Å². The molecule has 3 saturated heterocycles. The van der Waals surface area contributed by atoms with E-state index in [4.69, 9.17) is 37.4 Å². The molecule has 2 N–H and O–H groups in total. The van der Waals surface area contributed by atoms with Crippen molar-refractivity contribution in [2.75, 3.05) is 28.2 Å². The second-order valence-electron chi connectivity index (χ2n) is 24.8. The monoisotopic (exact) mass is 1120 g/mol. The molecule has 76 heavy (non-hydrogen) atoms. The summed E-state index contributed by atoms with van der Waals surface area (Å²) in [7, 11) is 5.26. The topological polar surface area (TPSA) is 197 Å². The second kappa shape index (κ2) is 22.5. The normalized spacial score (nSPS) is 20.4. The zero-order chi connectivity index (χ0) is 57.5. The molecule has 0 bridgehead atoms. The molecule has 3 fully saturated rings. The maximum absolute atomic E-state index is 12.8. The zero-order valence-electron chi connectivity index (χ0n) is 48.8. The van der Waals surface area contributed by atoms with E-state index in [1.54, 1.807) is 81.9 Å². The number of halogens is 1. The number of carbonyl (C=O) groups is 4. The van der Waals surface area contributed by atoms with Gasteiger partial charge in [0, 0.05) is 67.8 Å². The number of nitrogens with zero attached hydrogens (tertiary/aromatic N) is 4. The molecule has 414 valence electrons. The smallest absolute Gasteiger partial charge is 0.444 e. The number of hydrogen-bond donors (Lipinski definition) is 2. The fourth-order valence-corrected chi connectivity index (χ4v) is 8.03. The van der Waals surface area contributed by atoms with Crippen molar-refractivity contribution in [3.8, 4) is 0 Å². The third-order valence-corrected chi connectivity index (χ3v) is 14.4. The highest BCUT2D eigenvalue weighted by Crippen LogP contribution is 2.43. The first-order valence-electron chi connectivity index (χ1n) is 25.5. The maximum Gasteiger partial charge on any atom is 0.494 e. The number of ether oxygens (including phenoxy) is 2. The molecule has 5 aliphatic rings. The van der Waals surface area contributed by atoms with Gasteiger partial charge in [0.15, 0.2) is 0 Å². The van der Waals surface area contributed by atoms with Crippen LogP contribution in [-0.2, 0) is 47.0 Å². The Morgan fingerprint density at radius 3 is 1.21 bits per heavy atom. The molecule has 2 aromatic rings. The van der Waals surface area contributed by atoms with E-state index >= 15 is 0 Å². The Balaban J connectivity index is 0.000000220. The highest BCUT2D eigenvalue weighted by atomic mass is 79.9. The van der Waals surface area contributed by atoms with Crippen LogP contribution in [0.5, 0.6) is 0 Å². The van der Waals surface area contributed by atoms with E-state index in [0.29, 0.717) is 34.2 Å². The molecule has 0 unspecified atom stereocenters. The third kappa shape index (κ3) is 15.5. The summed E-state index contributed by atoms with van der Waals surface area (Å²) in [6.07, 6.45) is 2.76. The number of fused-ring (bicyclic) bond motifs is 2. The molecule has 4 amide bonds. The molecular formula is C54H80B3BrN6O12. The van der Waals surface area contributed by atoms with Crippen LogP contribution >= 0.6 is 15.9 Å². The van der Waals surface area contributed by atoms with Gasteiger partial charge in [-0.15, -0.1) is 0 Å². The van der Waals surface area contributed by atoms with E-state index in [-0.39, 0.29) is 47.1 Å². The predicted octanol–water partition coefficient (Wildman–Crippen LogP) is 9.54. The Kier molecular flexibility index (Phi) is 18.4. The van der Waals surface area contributed by atoms with E-state index < -0.39 is 55.7 Å². The van der Waals surface area contributed by atoms with Crippen LogP contribution in [0.1, 0.15) is 149 Å². The van der Waals surface area contributed by atoms with E-state index in [9.17, 15) is 19.2 Å². The van der Waals surface area contributed by atoms with E-state index in [1.165, 1.54) is 9.80 Å². The second-order valence-corrected chi connectivity index (χ2v) is 25.7. The van der Waals surface area contributed by atoms with E-state index in [1.807, 2.05) is 119 Å². The molecule has 18 nitrogen and oxygen atoms in total. The summed E-state index contributed by atoms with van der Waals surface area (Å²) in [6.45, 7) is 34.9. The first-order valence-corrected chi connectivity index (χ1v) is 26.3. The number of rotatable bonds is 4. The lowest BCUT2D eigenvalue weighted by atomic mass is 9.49. The first kappa shape index (κ1) is 62.0. The summed E-state index contributed by atoms with van der Waals surface area (Å²) < 4.78 is 47.7. The van der Waals surface area contributed by atoms with Gasteiger partial charge in [-0.1, -0.05) is 34.1 Å². The van der Waals surface area contributed by atoms with Crippen LogP contribution < -0.4 is 16.1 Å². The summed E-state index contributed by atoms with van der Waals surface area (Å²) in [5.74, 6) is 0.411. The Bertz CT molecular complexity index is 2600. The average Bonchev–Trinajstić information content (AvgIpc) is 3.54. The van der Waals surface area contributed by atoms with Gasteiger partial charge in [-0.05, 0) is 160 Å². The van der Waals surface area contributed by atoms with Gasteiger partial charge in [0.2, 0.25) is 11.8 Å². The van der Waals surface area contributed by atoms with Gasteiger partial charge < -0.3 is 47.2 Å². The Morgan fingerprint density at radius 1 is 0.539 bits per heavy atom. The van der Waals surface area contributed by atoms with Crippen molar-refractivity contribution >= 4 is 102 Å². The van der Waals surface area contributed by atoms with Crippen molar-refractivity contribution in [3.63, 3.8) is 0 Å². The third-order valence-electron chi connectivity index (χ3n) is 13.9. The van der Waals surface area contributed by atoms with Crippen molar-refractivity contribution in [2.24, 2.45) is 9.98 Å². The summed E-state index contributed by atoms with van der Waals surface area (Å²) in [4.78, 5) is 61.9. The lowest BCUT2D eigenvalue weighted by molar-refractivity contribution is -0.125. The Labute approximate surface area is 460 Å². The highest BCUT2D eigenvalue weighted by Gasteiger charge is 2.64. The minimum absolute atomic E-state index is 0.130. The van der Waals surface area contributed by atoms with Crippen molar-refractivity contribution in [1.82, 2.24) is 20.4 Å². The van der Waals surface area contributed by atoms with Crippen LogP contribution in [0.25, 0.3) is 12.2 Å². The molecule has 0 radical (unpaired) electrons. The predicted molar refractivity (Wildman–Crippen MR) is 304 cm³/mol. The molecular weight excluding hydrogens is 1040 g/mol. The van der Waals surface area contributed by atoms with Crippen LogP contribution in [0.3, 0.4) is 0 Å². The maximum atomic E-state index is 12.8. The van der Waals surface area contributed by atoms with E-state index in [2.05, 4.69) is 36.5 Å². The molecule has 7 rings (SSSR count). The van der Waals surface area contributed by atoms with Crippen molar-refractivity contribution in [3.05, 3.63) is 63.1 Å². The number of likely N-dealkylation sites (N-methyl/N-ethyl adjacent to an activating group) is 2. The van der Waals surface area contributed by atoms with Crippen LogP contribution in [0.15, 0.2) is 62.0 Å². The van der Waals surface area contributed by atoms with Crippen LogP contribution in [-0.4, -0.2) is 140 Å². The summed E-state index contributed by atoms with van der Waals surface area (Å²) in [5, 5.41) is 5.37. The Morgan fingerprint density at radius 2 is 0.868 bits per heavy atom. The lowest BCUT2D eigenvalue weighted by Gasteiger charge is -2.32. The van der Waals surface area contributed by atoms with Crippen molar-refractivity contribution in [1.29, 1.82) is 0 Å². The molecule has 0 spiro atoms. The number of amides is 4. The number of aliphatic imine (C=N–C) groups is 2. The summed E-state index contributed by atoms with van der Waals surface area (Å²) >= 11 is 3.42. The van der Waals surface area contributed by atoms with Crippen LogP contribution in [0, 0.1) is 0 Å². The van der Waals surface area contributed by atoms with Gasteiger partial charge in [-0.3, -0.25) is 20.2 Å². The molecule has 0 saturated carbocycles. The van der Waals surface area contributed by atoms with Gasteiger partial charge in [0.25, 0.3) is 0 Å². The van der Waals surface area contributed by atoms with Crippen molar-refractivity contribution < 1.29 is 56.6 Å². The molecule has 0 atom stereocenters. The minimum atomic E-state index is -0.657. The van der Waals surface area contributed by atoms with E-state index in [0.717, 1.165) is 21.1 Å². The molecule has 5 heterocycles. The van der Waals surface area contributed by atoms with Gasteiger partial charge in [0.05, 0.1) is 45.0 Å². The first-order chi connectivity index (χ1) is 34.5. The number of alkyl carbamates (subject to hydrolysis) is 2. The summed E-state index contributed by atoms with van der Waals surface area (Å²) in [5.41, 5.74) is 1.06. The zero-order valence-corrected chi connectivity index (χ0v) is 50.4. The average molecular weight is 1120 g/mol. The standard InChI is InChI=1S/C24H34BN3O5.C18H22BrN3O3.C12H24B2O4/c1-22(2,3)31-21(30)27-19-13-16(20(29)28(8)9)12-15-10-11-17(14-18(15)26-19)25-32-23(4,5)24(6,7)33-25;1-18(2,3)25-17(24)21-15-9-12(16(23)22(4)5)8-11-6-7-13(19)10-14(11)20-15;1-9(2)10(3,4)16-13(15-9)14-17-11(5,6)12(7,8)18-14/h10-12,14H,13H2,1-9H3,(H,26,27,30);6-8,10H,9H2,1-5H3,(H,20,21,24);1-8H3.